The van der Waals surface area contributed by atoms with E-state index in [0.717, 1.165) is 16.8 Å². The SMILES string of the molecule is Cc1cc(C2(O)C(=O)Nc3ccc(-c4c(C)noc4C)cc32)ccc1F. The van der Waals surface area contributed by atoms with Crippen LogP contribution in [-0.2, 0) is 10.4 Å². The predicted octanol–water partition coefficient (Wildman–Crippen LogP) is 3.59. The van der Waals surface area contributed by atoms with E-state index >= 15 is 0 Å². The molecule has 132 valence electrons. The Balaban J connectivity index is 1.92. The van der Waals surface area contributed by atoms with Gasteiger partial charge >= 0.3 is 0 Å². The van der Waals surface area contributed by atoms with Crippen LogP contribution in [0.2, 0.25) is 0 Å². The quantitative estimate of drug-likeness (QED) is 0.739. The first kappa shape index (κ1) is 16.5. The van der Waals surface area contributed by atoms with Gasteiger partial charge in [0, 0.05) is 16.8 Å². The highest BCUT2D eigenvalue weighted by Crippen LogP contribution is 2.43. The number of aryl methyl sites for hydroxylation is 3. The van der Waals surface area contributed by atoms with Gasteiger partial charge < -0.3 is 14.9 Å². The molecule has 1 unspecified atom stereocenters. The van der Waals surface area contributed by atoms with Gasteiger partial charge in [-0.1, -0.05) is 17.3 Å². The molecule has 5 nitrogen and oxygen atoms in total. The van der Waals surface area contributed by atoms with E-state index in [2.05, 4.69) is 10.5 Å². The largest absolute Gasteiger partial charge is 0.372 e. The van der Waals surface area contributed by atoms with Gasteiger partial charge in [0.2, 0.25) is 0 Å². The van der Waals surface area contributed by atoms with Crippen LogP contribution in [0.1, 0.15) is 28.1 Å². The molecular formula is C20H17FN2O3. The maximum absolute atomic E-state index is 13.6. The van der Waals surface area contributed by atoms with Gasteiger partial charge in [0.25, 0.3) is 5.91 Å². The molecule has 26 heavy (non-hydrogen) atoms. The third-order valence-corrected chi connectivity index (χ3v) is 4.88. The lowest BCUT2D eigenvalue weighted by molar-refractivity contribution is -0.129. The standard InChI is InChI=1S/C20H17FN2O3/c1-10-8-14(5-6-16(10)21)20(25)15-9-13(4-7-17(15)22-19(20)24)18-11(2)23-26-12(18)3/h4-9,25H,1-3H3,(H,22,24). The summed E-state index contributed by atoms with van der Waals surface area (Å²) in [7, 11) is 0. The van der Waals surface area contributed by atoms with E-state index < -0.39 is 11.5 Å². The van der Waals surface area contributed by atoms with E-state index in [0.29, 0.717) is 28.1 Å². The number of halogens is 1. The fourth-order valence-electron chi connectivity index (χ4n) is 3.49. The summed E-state index contributed by atoms with van der Waals surface area (Å²) in [5.41, 5.74) is 2.08. The molecular weight excluding hydrogens is 335 g/mol. The summed E-state index contributed by atoms with van der Waals surface area (Å²) in [6.07, 6.45) is 0. The van der Waals surface area contributed by atoms with E-state index in [9.17, 15) is 14.3 Å². The van der Waals surface area contributed by atoms with Crippen LogP contribution in [0.4, 0.5) is 10.1 Å². The van der Waals surface area contributed by atoms with Crippen LogP contribution < -0.4 is 5.32 Å². The van der Waals surface area contributed by atoms with Crippen molar-refractivity contribution in [2.75, 3.05) is 5.32 Å². The minimum Gasteiger partial charge on any atom is -0.372 e. The smallest absolute Gasteiger partial charge is 0.265 e. The molecule has 1 aliphatic heterocycles. The molecule has 0 bridgehead atoms. The first-order valence-corrected chi connectivity index (χ1v) is 8.20. The maximum Gasteiger partial charge on any atom is 0.265 e. The van der Waals surface area contributed by atoms with Crippen LogP contribution in [0, 0.1) is 26.6 Å². The Labute approximate surface area is 149 Å². The number of rotatable bonds is 2. The molecule has 0 aliphatic carbocycles. The molecule has 2 heterocycles. The molecule has 0 saturated heterocycles. The molecule has 0 radical (unpaired) electrons. The molecule has 0 fully saturated rings. The lowest BCUT2D eigenvalue weighted by atomic mass is 9.85. The van der Waals surface area contributed by atoms with Crippen molar-refractivity contribution in [2.24, 2.45) is 0 Å². The van der Waals surface area contributed by atoms with Gasteiger partial charge in [-0.15, -0.1) is 0 Å². The maximum atomic E-state index is 13.6. The molecule has 1 aromatic heterocycles. The zero-order valence-electron chi connectivity index (χ0n) is 14.6. The van der Waals surface area contributed by atoms with Crippen molar-refractivity contribution in [1.82, 2.24) is 5.16 Å². The van der Waals surface area contributed by atoms with Gasteiger partial charge in [-0.05, 0) is 61.7 Å². The Kier molecular flexibility index (Phi) is 3.49. The third kappa shape index (κ3) is 2.19. The Morgan fingerprint density at radius 1 is 1.15 bits per heavy atom. The van der Waals surface area contributed by atoms with Gasteiger partial charge in [-0.2, -0.15) is 0 Å². The monoisotopic (exact) mass is 352 g/mol. The van der Waals surface area contributed by atoms with E-state index in [4.69, 9.17) is 4.52 Å². The van der Waals surface area contributed by atoms with E-state index in [1.807, 2.05) is 19.9 Å². The van der Waals surface area contributed by atoms with Crippen LogP contribution in [0.5, 0.6) is 0 Å². The van der Waals surface area contributed by atoms with Gasteiger partial charge in [-0.25, -0.2) is 4.39 Å². The second-order valence-electron chi connectivity index (χ2n) is 6.59. The molecule has 1 aliphatic rings. The first-order valence-electron chi connectivity index (χ1n) is 8.20. The summed E-state index contributed by atoms with van der Waals surface area (Å²) in [6.45, 7) is 5.23. The van der Waals surface area contributed by atoms with Crippen molar-refractivity contribution in [1.29, 1.82) is 0 Å². The zero-order valence-corrected chi connectivity index (χ0v) is 14.6. The predicted molar refractivity (Wildman–Crippen MR) is 94.2 cm³/mol. The summed E-state index contributed by atoms with van der Waals surface area (Å²) in [6, 6.07) is 9.51. The van der Waals surface area contributed by atoms with Gasteiger partial charge in [0.1, 0.15) is 11.6 Å². The summed E-state index contributed by atoms with van der Waals surface area (Å²) < 4.78 is 18.9. The lowest BCUT2D eigenvalue weighted by Crippen LogP contribution is -2.35. The number of carbonyl (C=O) groups excluding carboxylic acids is 1. The average molecular weight is 352 g/mol. The second-order valence-corrected chi connectivity index (χ2v) is 6.59. The lowest BCUT2D eigenvalue weighted by Gasteiger charge is -2.22. The number of aliphatic hydroxyl groups is 1. The summed E-state index contributed by atoms with van der Waals surface area (Å²) in [5.74, 6) is -0.296. The Hall–Kier alpha value is -2.99. The summed E-state index contributed by atoms with van der Waals surface area (Å²) >= 11 is 0. The van der Waals surface area contributed by atoms with Crippen LogP contribution in [-0.4, -0.2) is 16.2 Å². The second kappa shape index (κ2) is 5.51. The van der Waals surface area contributed by atoms with E-state index in [-0.39, 0.29) is 5.82 Å². The van der Waals surface area contributed by atoms with Crippen LogP contribution in [0.25, 0.3) is 11.1 Å². The molecule has 6 heteroatoms. The number of hydrogen-bond acceptors (Lipinski definition) is 4. The normalized spacial score (nSPS) is 18.7. The van der Waals surface area contributed by atoms with Crippen molar-refractivity contribution in [3.05, 3.63) is 70.4 Å². The number of anilines is 1. The van der Waals surface area contributed by atoms with Crippen molar-refractivity contribution in [3.8, 4) is 11.1 Å². The number of carbonyl (C=O) groups is 1. The topological polar surface area (TPSA) is 75.4 Å². The summed E-state index contributed by atoms with van der Waals surface area (Å²) in [5, 5.41) is 17.9. The summed E-state index contributed by atoms with van der Waals surface area (Å²) in [4.78, 5) is 12.6. The molecule has 0 spiro atoms. The first-order chi connectivity index (χ1) is 12.3. The van der Waals surface area contributed by atoms with E-state index in [1.165, 1.54) is 18.2 Å². The Morgan fingerprint density at radius 3 is 2.58 bits per heavy atom. The van der Waals surface area contributed by atoms with Gasteiger partial charge in [0.05, 0.1) is 5.69 Å². The highest BCUT2D eigenvalue weighted by molar-refractivity contribution is 6.07. The zero-order chi connectivity index (χ0) is 18.6. The molecule has 4 rings (SSSR count). The molecule has 3 aromatic rings. The van der Waals surface area contributed by atoms with Crippen molar-refractivity contribution in [3.63, 3.8) is 0 Å². The molecule has 1 atom stereocenters. The van der Waals surface area contributed by atoms with Crippen molar-refractivity contribution >= 4 is 11.6 Å². The molecule has 1 amide bonds. The van der Waals surface area contributed by atoms with Gasteiger partial charge in [-0.3, -0.25) is 4.79 Å². The number of nitrogens with one attached hydrogen (secondary N) is 1. The third-order valence-electron chi connectivity index (χ3n) is 4.88. The number of benzene rings is 2. The highest BCUT2D eigenvalue weighted by Gasteiger charge is 2.47. The number of aromatic nitrogens is 1. The molecule has 0 saturated carbocycles. The Bertz CT molecular complexity index is 1040. The number of nitrogens with zero attached hydrogens (tertiary/aromatic N) is 1. The van der Waals surface area contributed by atoms with Gasteiger partial charge in [0.15, 0.2) is 5.60 Å². The van der Waals surface area contributed by atoms with Crippen molar-refractivity contribution in [2.45, 2.75) is 26.4 Å². The van der Waals surface area contributed by atoms with Crippen LogP contribution in [0.3, 0.4) is 0 Å². The fraction of sp³-hybridized carbons (Fsp3) is 0.200. The number of amides is 1. The van der Waals surface area contributed by atoms with Crippen LogP contribution >= 0.6 is 0 Å². The number of hydrogen-bond donors (Lipinski definition) is 2. The molecule has 2 aromatic carbocycles. The molecule has 2 N–H and O–H groups in total. The van der Waals surface area contributed by atoms with Crippen molar-refractivity contribution < 1.29 is 18.8 Å². The van der Waals surface area contributed by atoms with E-state index in [1.54, 1.807) is 19.1 Å². The van der Waals surface area contributed by atoms with Crippen LogP contribution in [0.15, 0.2) is 40.9 Å². The minimum atomic E-state index is -1.89. The Morgan fingerprint density at radius 2 is 1.92 bits per heavy atom. The highest BCUT2D eigenvalue weighted by atomic mass is 19.1. The minimum absolute atomic E-state index is 0.323. The fourth-order valence-corrected chi connectivity index (χ4v) is 3.49. The number of fused-ring (bicyclic) bond motifs is 1. The average Bonchev–Trinajstić information content (AvgIpc) is 3.07.